The van der Waals surface area contributed by atoms with Gasteiger partial charge in [-0.25, -0.2) is 0 Å². The molecular weight excluding hydrogens is 238 g/mol. The Morgan fingerprint density at radius 3 is 2.84 bits per heavy atom. The fourth-order valence-corrected chi connectivity index (χ4v) is 2.20. The predicted octanol–water partition coefficient (Wildman–Crippen LogP) is 2.64. The molecule has 2 aromatic carbocycles. The monoisotopic (exact) mass is 251 g/mol. The molecule has 1 amide bonds. The molecular formula is C15H13N3O. The number of benzene rings is 2. The van der Waals surface area contributed by atoms with Gasteiger partial charge >= 0.3 is 0 Å². The zero-order valence-corrected chi connectivity index (χ0v) is 10.5. The van der Waals surface area contributed by atoms with Gasteiger partial charge in [-0.15, -0.1) is 0 Å². The van der Waals surface area contributed by atoms with Crippen molar-refractivity contribution in [1.82, 2.24) is 10.2 Å². The summed E-state index contributed by atoms with van der Waals surface area (Å²) in [6.07, 6.45) is 1.78. The van der Waals surface area contributed by atoms with Crippen molar-refractivity contribution >= 4 is 16.8 Å². The highest BCUT2D eigenvalue weighted by atomic mass is 16.1. The molecule has 1 heterocycles. The van der Waals surface area contributed by atoms with Crippen LogP contribution in [0.15, 0.2) is 42.6 Å². The summed E-state index contributed by atoms with van der Waals surface area (Å²) in [5.74, 6) is -0.411. The van der Waals surface area contributed by atoms with Crippen LogP contribution in [0.4, 0.5) is 0 Å². The Labute approximate surface area is 110 Å². The van der Waals surface area contributed by atoms with Crippen LogP contribution >= 0.6 is 0 Å². The second kappa shape index (κ2) is 4.24. The molecule has 1 aromatic heterocycles. The van der Waals surface area contributed by atoms with Gasteiger partial charge < -0.3 is 5.73 Å². The molecule has 0 radical (unpaired) electrons. The first-order valence-electron chi connectivity index (χ1n) is 5.99. The third-order valence-corrected chi connectivity index (χ3v) is 3.27. The molecule has 0 aliphatic rings. The lowest BCUT2D eigenvalue weighted by Crippen LogP contribution is -2.10. The molecule has 0 fully saturated rings. The maximum atomic E-state index is 11.3. The van der Waals surface area contributed by atoms with Crippen molar-refractivity contribution in [1.29, 1.82) is 0 Å². The van der Waals surface area contributed by atoms with Crippen LogP contribution in [0.1, 0.15) is 15.9 Å². The summed E-state index contributed by atoms with van der Waals surface area (Å²) in [5, 5.41) is 7.97. The Balaban J connectivity index is 2.19. The van der Waals surface area contributed by atoms with E-state index in [1.807, 2.05) is 37.3 Å². The molecule has 0 bridgehead atoms. The second-order valence-electron chi connectivity index (χ2n) is 4.57. The molecule has 3 rings (SSSR count). The van der Waals surface area contributed by atoms with Crippen LogP contribution in [-0.2, 0) is 0 Å². The second-order valence-corrected chi connectivity index (χ2v) is 4.57. The van der Waals surface area contributed by atoms with Gasteiger partial charge in [0.2, 0.25) is 5.91 Å². The lowest BCUT2D eigenvalue weighted by atomic mass is 9.97. The average molecular weight is 251 g/mol. The van der Waals surface area contributed by atoms with Gasteiger partial charge in [-0.1, -0.05) is 12.1 Å². The summed E-state index contributed by atoms with van der Waals surface area (Å²) in [5.41, 5.74) is 10.0. The number of nitrogens with two attached hydrogens (primary N) is 1. The zero-order chi connectivity index (χ0) is 13.4. The Morgan fingerprint density at radius 2 is 2.05 bits per heavy atom. The fraction of sp³-hybridized carbons (Fsp3) is 0.0667. The van der Waals surface area contributed by atoms with E-state index in [2.05, 4.69) is 10.2 Å². The molecule has 3 aromatic rings. The van der Waals surface area contributed by atoms with Crippen molar-refractivity contribution in [2.45, 2.75) is 6.92 Å². The maximum Gasteiger partial charge on any atom is 0.248 e. The van der Waals surface area contributed by atoms with Gasteiger partial charge in [0, 0.05) is 10.9 Å². The molecule has 19 heavy (non-hydrogen) atoms. The number of rotatable bonds is 2. The minimum absolute atomic E-state index is 0.411. The van der Waals surface area contributed by atoms with Gasteiger partial charge in [-0.05, 0) is 47.9 Å². The molecule has 0 saturated heterocycles. The van der Waals surface area contributed by atoms with E-state index < -0.39 is 5.91 Å². The van der Waals surface area contributed by atoms with Crippen molar-refractivity contribution in [3.8, 4) is 11.1 Å². The highest BCUT2D eigenvalue weighted by Gasteiger charge is 2.07. The van der Waals surface area contributed by atoms with E-state index in [1.165, 1.54) is 0 Å². The summed E-state index contributed by atoms with van der Waals surface area (Å²) in [6, 6.07) is 11.5. The van der Waals surface area contributed by atoms with Crippen LogP contribution in [0.3, 0.4) is 0 Å². The van der Waals surface area contributed by atoms with Crippen molar-refractivity contribution < 1.29 is 4.79 Å². The molecule has 4 heteroatoms. The molecule has 0 spiro atoms. The van der Waals surface area contributed by atoms with Crippen LogP contribution in [0.5, 0.6) is 0 Å². The number of amides is 1. The van der Waals surface area contributed by atoms with Crippen molar-refractivity contribution in [3.63, 3.8) is 0 Å². The Hall–Kier alpha value is -2.62. The molecule has 0 aliphatic heterocycles. The molecule has 4 nitrogen and oxygen atoms in total. The minimum atomic E-state index is -0.411. The summed E-state index contributed by atoms with van der Waals surface area (Å²) in [6.45, 7) is 2.01. The van der Waals surface area contributed by atoms with Crippen LogP contribution < -0.4 is 5.73 Å². The Bertz CT molecular complexity index is 774. The molecule has 0 atom stereocenters. The zero-order valence-electron chi connectivity index (χ0n) is 10.5. The van der Waals surface area contributed by atoms with Crippen LogP contribution in [0.2, 0.25) is 0 Å². The number of hydrogen-bond acceptors (Lipinski definition) is 2. The molecule has 3 N–H and O–H groups in total. The number of H-pyrrole nitrogens is 1. The van der Waals surface area contributed by atoms with E-state index in [9.17, 15) is 4.79 Å². The number of aromatic amines is 1. The van der Waals surface area contributed by atoms with E-state index in [0.29, 0.717) is 5.56 Å². The fourth-order valence-electron chi connectivity index (χ4n) is 2.20. The highest BCUT2D eigenvalue weighted by Crippen LogP contribution is 2.27. The first kappa shape index (κ1) is 11.5. The molecule has 0 aliphatic carbocycles. The molecule has 0 saturated carbocycles. The van der Waals surface area contributed by atoms with Gasteiger partial charge in [-0.3, -0.25) is 9.89 Å². The standard InChI is InChI=1S/C15H13N3O/c1-9-2-3-11(15(16)19)7-13(9)10-4-5-14-12(6-10)8-17-18-14/h2-8H,1H3,(H2,16,19)(H,17,18). The first-order valence-corrected chi connectivity index (χ1v) is 5.99. The smallest absolute Gasteiger partial charge is 0.248 e. The van der Waals surface area contributed by atoms with Crippen LogP contribution in [0, 0.1) is 6.92 Å². The number of primary amides is 1. The minimum Gasteiger partial charge on any atom is -0.366 e. The summed E-state index contributed by atoms with van der Waals surface area (Å²) in [7, 11) is 0. The predicted molar refractivity (Wildman–Crippen MR) is 74.8 cm³/mol. The number of aromatic nitrogens is 2. The van der Waals surface area contributed by atoms with Crippen molar-refractivity contribution in [3.05, 3.63) is 53.7 Å². The number of nitrogens with zero attached hydrogens (tertiary/aromatic N) is 1. The lowest BCUT2D eigenvalue weighted by molar-refractivity contribution is 0.100. The molecule has 0 unspecified atom stereocenters. The van der Waals surface area contributed by atoms with Gasteiger partial charge in [-0.2, -0.15) is 5.10 Å². The van der Waals surface area contributed by atoms with E-state index in [4.69, 9.17) is 5.73 Å². The SMILES string of the molecule is Cc1ccc(C(N)=O)cc1-c1ccc2[nH]ncc2c1. The number of hydrogen-bond donors (Lipinski definition) is 2. The number of carbonyl (C=O) groups excluding carboxylic acids is 1. The summed E-state index contributed by atoms with van der Waals surface area (Å²) in [4.78, 5) is 11.3. The van der Waals surface area contributed by atoms with E-state index in [1.54, 1.807) is 12.3 Å². The highest BCUT2D eigenvalue weighted by molar-refractivity contribution is 5.95. The lowest BCUT2D eigenvalue weighted by Gasteiger charge is -2.08. The number of aryl methyl sites for hydroxylation is 1. The van der Waals surface area contributed by atoms with Gasteiger partial charge in [0.15, 0.2) is 0 Å². The number of carbonyl (C=O) groups is 1. The van der Waals surface area contributed by atoms with Gasteiger partial charge in [0.25, 0.3) is 0 Å². The van der Waals surface area contributed by atoms with E-state index in [0.717, 1.165) is 27.6 Å². The Morgan fingerprint density at radius 1 is 1.21 bits per heavy atom. The van der Waals surface area contributed by atoms with Crippen molar-refractivity contribution in [2.24, 2.45) is 5.73 Å². The largest absolute Gasteiger partial charge is 0.366 e. The van der Waals surface area contributed by atoms with Gasteiger partial charge in [0.05, 0.1) is 11.7 Å². The normalized spacial score (nSPS) is 10.8. The summed E-state index contributed by atoms with van der Waals surface area (Å²) >= 11 is 0. The maximum absolute atomic E-state index is 11.3. The third kappa shape index (κ3) is 1.97. The topological polar surface area (TPSA) is 71.8 Å². The van der Waals surface area contributed by atoms with E-state index >= 15 is 0 Å². The first-order chi connectivity index (χ1) is 9.15. The number of nitrogens with one attached hydrogen (secondary N) is 1. The average Bonchev–Trinajstić information content (AvgIpc) is 2.86. The van der Waals surface area contributed by atoms with E-state index in [-0.39, 0.29) is 0 Å². The quantitative estimate of drug-likeness (QED) is 0.735. The molecule has 94 valence electrons. The van der Waals surface area contributed by atoms with Crippen LogP contribution in [0.25, 0.3) is 22.0 Å². The Kier molecular flexibility index (Phi) is 2.56. The summed E-state index contributed by atoms with van der Waals surface area (Å²) < 4.78 is 0. The van der Waals surface area contributed by atoms with Crippen molar-refractivity contribution in [2.75, 3.05) is 0 Å². The van der Waals surface area contributed by atoms with Crippen LogP contribution in [-0.4, -0.2) is 16.1 Å². The third-order valence-electron chi connectivity index (χ3n) is 3.27. The van der Waals surface area contributed by atoms with Gasteiger partial charge in [0.1, 0.15) is 0 Å². The number of fused-ring (bicyclic) bond motifs is 1.